The Morgan fingerprint density at radius 3 is 2.40 bits per heavy atom. The number of ketones is 1. The number of allylic oxidation sites excluding steroid dienone is 1. The van der Waals surface area contributed by atoms with Crippen molar-refractivity contribution in [2.45, 2.75) is 19.1 Å². The van der Waals surface area contributed by atoms with Gasteiger partial charge in [0.1, 0.15) is 6.61 Å². The summed E-state index contributed by atoms with van der Waals surface area (Å²) in [6.07, 6.45) is 3.33. The number of carbonyl (C=O) groups is 2. The first-order chi connectivity index (χ1) is 12.2. The number of ether oxygens (including phenoxy) is 2. The van der Waals surface area contributed by atoms with E-state index in [0.717, 1.165) is 5.56 Å². The standard InChI is InChI=1S/C21H20O4/c22-19-12-11-18(15-25-21(23)17-9-5-2-6-10-17)20(13-19)24-14-16-7-3-1-4-8-16/h1-12,18,20H,13-15H2/t18-,20+/m0/s1. The zero-order valence-corrected chi connectivity index (χ0v) is 13.8. The van der Waals surface area contributed by atoms with Gasteiger partial charge < -0.3 is 9.47 Å². The Labute approximate surface area is 147 Å². The Balaban J connectivity index is 1.58. The Hall–Kier alpha value is -2.72. The van der Waals surface area contributed by atoms with Crippen molar-refractivity contribution >= 4 is 11.8 Å². The highest BCUT2D eigenvalue weighted by Gasteiger charge is 2.27. The molecule has 0 aromatic heterocycles. The Morgan fingerprint density at radius 1 is 1.00 bits per heavy atom. The van der Waals surface area contributed by atoms with Crippen molar-refractivity contribution < 1.29 is 19.1 Å². The summed E-state index contributed by atoms with van der Waals surface area (Å²) in [5, 5.41) is 0. The SMILES string of the molecule is O=C1C=C[C@@H](COC(=O)c2ccccc2)[C@H](OCc2ccccc2)C1. The first kappa shape index (κ1) is 17.1. The highest BCUT2D eigenvalue weighted by molar-refractivity contribution is 5.91. The number of hydrogen-bond acceptors (Lipinski definition) is 4. The number of esters is 1. The van der Waals surface area contributed by atoms with Gasteiger partial charge in [-0.1, -0.05) is 54.6 Å². The molecule has 0 radical (unpaired) electrons. The van der Waals surface area contributed by atoms with E-state index < -0.39 is 0 Å². The lowest BCUT2D eigenvalue weighted by molar-refractivity contribution is -0.120. The molecule has 0 saturated carbocycles. The molecule has 128 valence electrons. The maximum Gasteiger partial charge on any atom is 0.338 e. The summed E-state index contributed by atoms with van der Waals surface area (Å²) in [7, 11) is 0. The van der Waals surface area contributed by atoms with Crippen LogP contribution in [0.1, 0.15) is 22.3 Å². The van der Waals surface area contributed by atoms with Gasteiger partial charge in [0, 0.05) is 12.3 Å². The van der Waals surface area contributed by atoms with Gasteiger partial charge in [0.05, 0.1) is 18.3 Å². The van der Waals surface area contributed by atoms with Gasteiger partial charge in [-0.3, -0.25) is 4.79 Å². The quantitative estimate of drug-likeness (QED) is 0.757. The van der Waals surface area contributed by atoms with Crippen LogP contribution in [0.5, 0.6) is 0 Å². The minimum Gasteiger partial charge on any atom is -0.461 e. The normalized spacial score (nSPS) is 19.6. The van der Waals surface area contributed by atoms with E-state index in [1.165, 1.54) is 0 Å². The second kappa shape index (κ2) is 8.40. The van der Waals surface area contributed by atoms with E-state index in [-0.39, 0.29) is 30.4 Å². The van der Waals surface area contributed by atoms with E-state index in [0.29, 0.717) is 18.6 Å². The average molecular weight is 336 g/mol. The van der Waals surface area contributed by atoms with Crippen LogP contribution in [0.2, 0.25) is 0 Å². The fourth-order valence-electron chi connectivity index (χ4n) is 2.72. The summed E-state index contributed by atoms with van der Waals surface area (Å²) < 4.78 is 11.3. The lowest BCUT2D eigenvalue weighted by Crippen LogP contribution is -2.32. The molecular formula is C21H20O4. The van der Waals surface area contributed by atoms with Crippen LogP contribution in [0, 0.1) is 5.92 Å². The molecule has 4 heteroatoms. The fourth-order valence-corrected chi connectivity index (χ4v) is 2.72. The largest absolute Gasteiger partial charge is 0.461 e. The molecule has 0 N–H and O–H groups in total. The summed E-state index contributed by atoms with van der Waals surface area (Å²) in [6, 6.07) is 18.7. The van der Waals surface area contributed by atoms with Crippen LogP contribution in [0.3, 0.4) is 0 Å². The van der Waals surface area contributed by atoms with Gasteiger partial charge >= 0.3 is 5.97 Å². The summed E-state index contributed by atoms with van der Waals surface area (Å²) in [5.74, 6) is -0.467. The molecule has 0 heterocycles. The molecule has 0 saturated heterocycles. The molecule has 1 aliphatic rings. The molecule has 0 spiro atoms. The zero-order chi connectivity index (χ0) is 17.5. The van der Waals surface area contributed by atoms with Gasteiger partial charge in [0.25, 0.3) is 0 Å². The van der Waals surface area contributed by atoms with Gasteiger partial charge in [-0.2, -0.15) is 0 Å². The monoisotopic (exact) mass is 336 g/mol. The highest BCUT2D eigenvalue weighted by atomic mass is 16.5. The van der Waals surface area contributed by atoms with Crippen LogP contribution in [0.15, 0.2) is 72.8 Å². The maximum atomic E-state index is 12.1. The van der Waals surface area contributed by atoms with Crippen molar-refractivity contribution in [2.24, 2.45) is 5.92 Å². The van der Waals surface area contributed by atoms with Crippen molar-refractivity contribution in [2.75, 3.05) is 6.61 Å². The minimum atomic E-state index is -0.368. The van der Waals surface area contributed by atoms with Crippen LogP contribution in [-0.2, 0) is 20.9 Å². The maximum absolute atomic E-state index is 12.1. The van der Waals surface area contributed by atoms with Gasteiger partial charge in [-0.25, -0.2) is 4.79 Å². The van der Waals surface area contributed by atoms with Gasteiger partial charge in [-0.15, -0.1) is 0 Å². The predicted molar refractivity (Wildman–Crippen MR) is 94.0 cm³/mol. The van der Waals surface area contributed by atoms with Crippen molar-refractivity contribution in [3.05, 3.63) is 83.9 Å². The van der Waals surface area contributed by atoms with Crippen molar-refractivity contribution in [1.29, 1.82) is 0 Å². The van der Waals surface area contributed by atoms with Crippen molar-refractivity contribution in [3.63, 3.8) is 0 Å². The van der Waals surface area contributed by atoms with E-state index in [1.807, 2.05) is 36.4 Å². The minimum absolute atomic E-state index is 0.0312. The summed E-state index contributed by atoms with van der Waals surface area (Å²) in [4.78, 5) is 23.8. The zero-order valence-electron chi connectivity index (χ0n) is 13.8. The number of carbonyl (C=O) groups excluding carboxylic acids is 2. The molecule has 0 bridgehead atoms. The molecule has 2 aromatic carbocycles. The second-order valence-electron chi connectivity index (χ2n) is 5.99. The van der Waals surface area contributed by atoms with Gasteiger partial charge in [0.15, 0.2) is 5.78 Å². The van der Waals surface area contributed by atoms with Gasteiger partial charge in [0.2, 0.25) is 0 Å². The molecule has 3 rings (SSSR count). The Morgan fingerprint density at radius 2 is 1.68 bits per heavy atom. The first-order valence-electron chi connectivity index (χ1n) is 8.31. The third-order valence-corrected chi connectivity index (χ3v) is 4.13. The molecule has 2 atom stereocenters. The Kier molecular flexibility index (Phi) is 5.75. The lowest BCUT2D eigenvalue weighted by Gasteiger charge is -2.27. The van der Waals surface area contributed by atoms with Crippen LogP contribution in [0.4, 0.5) is 0 Å². The third-order valence-electron chi connectivity index (χ3n) is 4.13. The van der Waals surface area contributed by atoms with Crippen molar-refractivity contribution in [3.8, 4) is 0 Å². The summed E-state index contributed by atoms with van der Waals surface area (Å²) in [5.41, 5.74) is 1.56. The smallest absolute Gasteiger partial charge is 0.338 e. The Bertz CT molecular complexity index is 737. The summed E-state index contributed by atoms with van der Waals surface area (Å²) in [6.45, 7) is 0.618. The molecule has 1 aliphatic carbocycles. The van der Waals surface area contributed by atoms with Crippen LogP contribution >= 0.6 is 0 Å². The van der Waals surface area contributed by atoms with Gasteiger partial charge in [-0.05, 0) is 23.8 Å². The molecule has 0 fully saturated rings. The van der Waals surface area contributed by atoms with E-state index in [9.17, 15) is 9.59 Å². The lowest BCUT2D eigenvalue weighted by atomic mass is 9.92. The van der Waals surface area contributed by atoms with E-state index >= 15 is 0 Å². The molecule has 0 unspecified atom stereocenters. The first-order valence-corrected chi connectivity index (χ1v) is 8.31. The fraction of sp³-hybridized carbons (Fsp3) is 0.238. The second-order valence-corrected chi connectivity index (χ2v) is 5.99. The molecule has 0 amide bonds. The topological polar surface area (TPSA) is 52.6 Å². The molecule has 2 aromatic rings. The number of rotatable bonds is 6. The van der Waals surface area contributed by atoms with E-state index in [2.05, 4.69) is 0 Å². The molecule has 4 nitrogen and oxygen atoms in total. The number of hydrogen-bond donors (Lipinski definition) is 0. The highest BCUT2D eigenvalue weighted by Crippen LogP contribution is 2.22. The number of benzene rings is 2. The average Bonchev–Trinajstić information content (AvgIpc) is 2.67. The van der Waals surface area contributed by atoms with Crippen LogP contribution < -0.4 is 0 Å². The van der Waals surface area contributed by atoms with E-state index in [4.69, 9.17) is 9.47 Å². The van der Waals surface area contributed by atoms with E-state index in [1.54, 1.807) is 36.4 Å². The molecular weight excluding hydrogens is 316 g/mol. The predicted octanol–water partition coefficient (Wildman–Crippen LogP) is 3.57. The third kappa shape index (κ3) is 4.88. The summed E-state index contributed by atoms with van der Waals surface area (Å²) >= 11 is 0. The molecule has 0 aliphatic heterocycles. The van der Waals surface area contributed by atoms with Crippen molar-refractivity contribution in [1.82, 2.24) is 0 Å². The van der Waals surface area contributed by atoms with Crippen LogP contribution in [-0.4, -0.2) is 24.5 Å². The molecule has 25 heavy (non-hydrogen) atoms. The van der Waals surface area contributed by atoms with Crippen LogP contribution in [0.25, 0.3) is 0 Å².